The Morgan fingerprint density at radius 3 is 2.72 bits per heavy atom. The van der Waals surface area contributed by atoms with E-state index in [-0.39, 0.29) is 5.91 Å². The minimum atomic E-state index is 0.0295. The average Bonchev–Trinajstić information content (AvgIpc) is 3.39. The van der Waals surface area contributed by atoms with Gasteiger partial charge in [0, 0.05) is 40.5 Å². The molecule has 1 aliphatic carbocycles. The number of carbonyl (C=O) groups excluding carboxylic acids is 1. The predicted octanol–water partition coefficient (Wildman–Crippen LogP) is 3.36. The van der Waals surface area contributed by atoms with E-state index >= 15 is 0 Å². The molecule has 0 bridgehead atoms. The number of aryl methyl sites for hydroxylation is 2. The van der Waals surface area contributed by atoms with Crippen molar-refractivity contribution in [2.75, 3.05) is 26.3 Å². The number of amides is 1. The van der Waals surface area contributed by atoms with Crippen LogP contribution in [0.25, 0.3) is 17.2 Å². The Morgan fingerprint density at radius 2 is 2.03 bits per heavy atom. The van der Waals surface area contributed by atoms with Gasteiger partial charge in [0.2, 0.25) is 0 Å². The highest BCUT2D eigenvalue weighted by Crippen LogP contribution is 2.42. The average molecular weight is 410 g/mol. The van der Waals surface area contributed by atoms with Gasteiger partial charge in [0.25, 0.3) is 11.9 Å². The molecule has 1 amide bonds. The smallest absolute Gasteiger partial charge is 0.257 e. The standard InChI is InChI=1S/C21H23N5O2S/c1-13-11-16(14(2)29-13)18-5-6-22-21(24-18)26-19(15-3-4-15)17(12-23-26)20(27)25-7-9-28-10-8-25/h5-6,11-12,15H,3-4,7-10H2,1-2H3. The molecular formula is C21H23N5O2S. The molecule has 4 heterocycles. The summed E-state index contributed by atoms with van der Waals surface area (Å²) in [5.74, 6) is 0.894. The second-order valence-electron chi connectivity index (χ2n) is 7.60. The number of carbonyl (C=O) groups is 1. The van der Waals surface area contributed by atoms with Gasteiger partial charge in [-0.15, -0.1) is 11.3 Å². The monoisotopic (exact) mass is 409 g/mol. The molecule has 1 saturated carbocycles. The van der Waals surface area contributed by atoms with Crippen molar-refractivity contribution >= 4 is 17.2 Å². The fourth-order valence-corrected chi connectivity index (χ4v) is 4.79. The SMILES string of the molecule is Cc1cc(-c2ccnc(-n3ncc(C(=O)N4CCOCC4)c3C3CC3)n2)c(C)s1. The first-order valence-electron chi connectivity index (χ1n) is 9.97. The summed E-state index contributed by atoms with van der Waals surface area (Å²) >= 11 is 1.76. The van der Waals surface area contributed by atoms with Gasteiger partial charge >= 0.3 is 0 Å². The summed E-state index contributed by atoms with van der Waals surface area (Å²) in [6.07, 6.45) is 5.59. The highest BCUT2D eigenvalue weighted by Gasteiger charge is 2.35. The van der Waals surface area contributed by atoms with Gasteiger partial charge in [-0.3, -0.25) is 4.79 Å². The van der Waals surface area contributed by atoms with Crippen molar-refractivity contribution in [1.82, 2.24) is 24.6 Å². The molecule has 2 fully saturated rings. The van der Waals surface area contributed by atoms with E-state index in [1.807, 2.05) is 11.0 Å². The zero-order valence-electron chi connectivity index (χ0n) is 16.6. The Hall–Kier alpha value is -2.58. The van der Waals surface area contributed by atoms with Crippen molar-refractivity contribution in [3.8, 4) is 17.2 Å². The van der Waals surface area contributed by atoms with Gasteiger partial charge in [-0.2, -0.15) is 5.10 Å². The van der Waals surface area contributed by atoms with Crippen LogP contribution < -0.4 is 0 Å². The number of aromatic nitrogens is 4. The molecule has 0 unspecified atom stereocenters. The van der Waals surface area contributed by atoms with Gasteiger partial charge in [0.05, 0.1) is 36.4 Å². The molecule has 7 nitrogen and oxygen atoms in total. The van der Waals surface area contributed by atoms with Gasteiger partial charge < -0.3 is 9.64 Å². The summed E-state index contributed by atoms with van der Waals surface area (Å²) in [4.78, 5) is 26.7. The Labute approximate surface area is 173 Å². The normalized spacial score (nSPS) is 17.0. The van der Waals surface area contributed by atoms with Gasteiger partial charge in [-0.25, -0.2) is 14.6 Å². The summed E-state index contributed by atoms with van der Waals surface area (Å²) in [5.41, 5.74) is 3.62. The Bertz CT molecular complexity index is 1060. The molecule has 8 heteroatoms. The van der Waals surface area contributed by atoms with Crippen LogP contribution in [0.15, 0.2) is 24.5 Å². The third-order valence-corrected chi connectivity index (χ3v) is 6.41. The number of ether oxygens (including phenoxy) is 1. The minimum absolute atomic E-state index is 0.0295. The summed E-state index contributed by atoms with van der Waals surface area (Å²) < 4.78 is 7.15. The van der Waals surface area contributed by atoms with Crippen LogP contribution in [0.4, 0.5) is 0 Å². The van der Waals surface area contributed by atoms with E-state index in [4.69, 9.17) is 9.72 Å². The zero-order valence-corrected chi connectivity index (χ0v) is 17.4. The molecule has 2 aliphatic rings. The molecule has 0 radical (unpaired) electrons. The summed E-state index contributed by atoms with van der Waals surface area (Å²) in [5, 5.41) is 4.54. The summed E-state index contributed by atoms with van der Waals surface area (Å²) in [6.45, 7) is 6.63. The molecular weight excluding hydrogens is 386 g/mol. The van der Waals surface area contributed by atoms with Crippen LogP contribution in [-0.2, 0) is 4.74 Å². The van der Waals surface area contributed by atoms with Gasteiger partial charge in [-0.1, -0.05) is 0 Å². The molecule has 29 heavy (non-hydrogen) atoms. The highest BCUT2D eigenvalue weighted by molar-refractivity contribution is 7.12. The first-order valence-corrected chi connectivity index (χ1v) is 10.8. The maximum absolute atomic E-state index is 13.1. The van der Waals surface area contributed by atoms with Gasteiger partial charge in [0.1, 0.15) is 0 Å². The molecule has 0 spiro atoms. The second-order valence-corrected chi connectivity index (χ2v) is 9.06. The molecule has 1 aliphatic heterocycles. The molecule has 0 N–H and O–H groups in total. The largest absolute Gasteiger partial charge is 0.378 e. The molecule has 0 atom stereocenters. The van der Waals surface area contributed by atoms with Crippen LogP contribution in [0.3, 0.4) is 0 Å². The second kappa shape index (κ2) is 7.35. The number of nitrogens with zero attached hydrogens (tertiary/aromatic N) is 5. The van der Waals surface area contributed by atoms with Crippen LogP contribution >= 0.6 is 11.3 Å². The van der Waals surface area contributed by atoms with Crippen LogP contribution in [0.1, 0.15) is 44.6 Å². The third kappa shape index (κ3) is 3.47. The molecule has 150 valence electrons. The Balaban J connectivity index is 1.53. The first kappa shape index (κ1) is 18.4. The van der Waals surface area contributed by atoms with E-state index in [9.17, 15) is 4.79 Å². The lowest BCUT2D eigenvalue weighted by Gasteiger charge is -2.26. The van der Waals surface area contributed by atoms with Gasteiger partial charge in [-0.05, 0) is 38.8 Å². The fourth-order valence-electron chi connectivity index (χ4n) is 3.85. The molecule has 5 rings (SSSR count). The maximum atomic E-state index is 13.1. The molecule has 1 saturated heterocycles. The molecule has 3 aromatic heterocycles. The molecule has 3 aromatic rings. The van der Waals surface area contributed by atoms with Gasteiger partial charge in [0.15, 0.2) is 0 Å². The topological polar surface area (TPSA) is 73.1 Å². The zero-order chi connectivity index (χ0) is 20.0. The first-order chi connectivity index (χ1) is 14.1. The Kier molecular flexibility index (Phi) is 4.67. The van der Waals surface area contributed by atoms with Crippen molar-refractivity contribution in [3.63, 3.8) is 0 Å². The van der Waals surface area contributed by atoms with E-state index in [0.717, 1.165) is 29.8 Å². The van der Waals surface area contributed by atoms with Crippen molar-refractivity contribution < 1.29 is 9.53 Å². The van der Waals surface area contributed by atoms with E-state index in [0.29, 0.717) is 43.7 Å². The maximum Gasteiger partial charge on any atom is 0.257 e. The predicted molar refractivity (Wildman–Crippen MR) is 111 cm³/mol. The lowest BCUT2D eigenvalue weighted by Crippen LogP contribution is -2.40. The Morgan fingerprint density at radius 1 is 1.24 bits per heavy atom. The lowest BCUT2D eigenvalue weighted by atomic mass is 10.1. The van der Waals surface area contributed by atoms with E-state index in [2.05, 4.69) is 30.0 Å². The van der Waals surface area contributed by atoms with Crippen LogP contribution in [0.5, 0.6) is 0 Å². The van der Waals surface area contributed by atoms with Crippen molar-refractivity contribution in [2.24, 2.45) is 0 Å². The van der Waals surface area contributed by atoms with E-state index in [1.165, 1.54) is 9.75 Å². The molecule has 0 aromatic carbocycles. The van der Waals surface area contributed by atoms with Crippen molar-refractivity contribution in [1.29, 1.82) is 0 Å². The van der Waals surface area contributed by atoms with Crippen LogP contribution in [-0.4, -0.2) is 56.9 Å². The number of hydrogen-bond donors (Lipinski definition) is 0. The lowest BCUT2D eigenvalue weighted by molar-refractivity contribution is 0.0302. The highest BCUT2D eigenvalue weighted by atomic mass is 32.1. The number of morpholine rings is 1. The van der Waals surface area contributed by atoms with Crippen molar-refractivity contribution in [2.45, 2.75) is 32.6 Å². The van der Waals surface area contributed by atoms with E-state index in [1.54, 1.807) is 28.4 Å². The summed E-state index contributed by atoms with van der Waals surface area (Å²) in [7, 11) is 0. The minimum Gasteiger partial charge on any atom is -0.378 e. The summed E-state index contributed by atoms with van der Waals surface area (Å²) in [6, 6.07) is 4.09. The van der Waals surface area contributed by atoms with Crippen LogP contribution in [0.2, 0.25) is 0 Å². The number of hydrogen-bond acceptors (Lipinski definition) is 6. The van der Waals surface area contributed by atoms with Crippen LogP contribution in [0, 0.1) is 13.8 Å². The number of thiophene rings is 1. The van der Waals surface area contributed by atoms with Crippen molar-refractivity contribution in [3.05, 3.63) is 45.5 Å². The number of rotatable bonds is 4. The quantitative estimate of drug-likeness (QED) is 0.661. The third-order valence-electron chi connectivity index (χ3n) is 5.45. The fraction of sp³-hybridized carbons (Fsp3) is 0.429. The van der Waals surface area contributed by atoms with E-state index < -0.39 is 0 Å².